The monoisotopic (exact) mass is 586 g/mol. The van der Waals surface area contributed by atoms with Crippen molar-refractivity contribution in [2.75, 3.05) is 78.7 Å². The van der Waals surface area contributed by atoms with E-state index in [9.17, 15) is 10.2 Å². The first-order chi connectivity index (χ1) is 15.8. The van der Waals surface area contributed by atoms with Crippen molar-refractivity contribution >= 4 is 49.6 Å². The second kappa shape index (κ2) is 16.3. The van der Waals surface area contributed by atoms with E-state index in [-0.39, 0.29) is 62.8 Å². The quantitative estimate of drug-likeness (QED) is 0.488. The highest BCUT2D eigenvalue weighted by molar-refractivity contribution is 5.86. The van der Waals surface area contributed by atoms with Gasteiger partial charge in [0.15, 0.2) is 0 Å². The summed E-state index contributed by atoms with van der Waals surface area (Å²) in [5.41, 5.74) is 10.3. The van der Waals surface area contributed by atoms with Gasteiger partial charge in [-0.2, -0.15) is 0 Å². The van der Waals surface area contributed by atoms with Crippen LogP contribution in [0.15, 0.2) is 0 Å². The van der Waals surface area contributed by atoms with E-state index in [4.69, 9.17) is 0 Å². The predicted molar refractivity (Wildman–Crippen MR) is 157 cm³/mol. The van der Waals surface area contributed by atoms with Gasteiger partial charge < -0.3 is 10.2 Å². The molecular weight excluding hydrogens is 542 g/mol. The number of β-amino-alcohol motifs (C(OH)–C–C–N with tert-alkyl or cyclic N) is 2. The molecule has 5 rings (SSSR count). The second-order valence-electron chi connectivity index (χ2n) is 10.3. The molecule has 0 saturated carbocycles. The lowest BCUT2D eigenvalue weighted by atomic mass is 9.88. The molecule has 0 spiro atoms. The van der Waals surface area contributed by atoms with Crippen molar-refractivity contribution in [3.8, 4) is 0 Å². The zero-order chi connectivity index (χ0) is 21.9. The molecule has 210 valence electrons. The molecule has 2 N–H and O–H groups in total. The first kappa shape index (κ1) is 34.2. The topological polar surface area (TPSA) is 53.4 Å². The van der Waals surface area contributed by atoms with Crippen LogP contribution in [0.5, 0.6) is 0 Å². The Balaban J connectivity index is 0.00000162. The molecule has 2 heterocycles. The van der Waals surface area contributed by atoms with Gasteiger partial charge in [0.25, 0.3) is 0 Å². The number of halogens is 4. The first-order valence-electron chi connectivity index (χ1n) is 13.0. The summed E-state index contributed by atoms with van der Waals surface area (Å²) in [7, 11) is 0. The van der Waals surface area contributed by atoms with E-state index in [1.165, 1.54) is 38.5 Å². The summed E-state index contributed by atoms with van der Waals surface area (Å²) in [6.45, 7) is 13.3. The first-order valence-corrected chi connectivity index (χ1v) is 13.0. The summed E-state index contributed by atoms with van der Waals surface area (Å²) in [5, 5.41) is 18.5. The Kier molecular flexibility index (Phi) is 15.5. The Morgan fingerprint density at radius 1 is 0.444 bits per heavy atom. The lowest BCUT2D eigenvalue weighted by molar-refractivity contribution is 0.107. The molecule has 0 amide bonds. The van der Waals surface area contributed by atoms with E-state index in [1.807, 2.05) is 0 Å². The Bertz CT molecular complexity index is 703. The number of hydrogen-bond donors (Lipinski definition) is 2. The molecule has 2 aliphatic carbocycles. The fraction of sp³-hybridized carbons (Fsp3) is 0.769. The van der Waals surface area contributed by atoms with Crippen molar-refractivity contribution in [2.24, 2.45) is 0 Å². The van der Waals surface area contributed by atoms with E-state index < -0.39 is 0 Å². The maximum absolute atomic E-state index is 9.24. The van der Waals surface area contributed by atoms with Crippen molar-refractivity contribution in [3.63, 3.8) is 0 Å². The standard InChI is InChI=1S/C26H42N4O2.4ClH/c31-17-15-27-7-11-29(12-8-27)19-25-21-3-1-4-22(21)26(24-6-2-5-23(24)25)20-30-13-9-28(10-14-30)16-18-32;;;;/h31-32H,1-20H2;4*1H. The minimum absolute atomic E-state index is 0. The third-order valence-electron chi connectivity index (χ3n) is 8.42. The zero-order valence-corrected chi connectivity index (χ0v) is 24.7. The number of nitrogens with zero attached hydrogens (tertiary/aromatic N) is 4. The van der Waals surface area contributed by atoms with Crippen LogP contribution in [0.4, 0.5) is 0 Å². The van der Waals surface area contributed by atoms with Gasteiger partial charge in [-0.1, -0.05) is 0 Å². The number of fused-ring (bicyclic) bond motifs is 2. The van der Waals surface area contributed by atoms with Crippen molar-refractivity contribution in [1.82, 2.24) is 19.6 Å². The molecule has 2 saturated heterocycles. The molecule has 6 nitrogen and oxygen atoms in total. The third kappa shape index (κ3) is 7.62. The number of aliphatic hydroxyl groups excluding tert-OH is 2. The summed E-state index contributed by atoms with van der Waals surface area (Å²) in [6, 6.07) is 0. The number of aliphatic hydroxyl groups is 2. The summed E-state index contributed by atoms with van der Waals surface area (Å²) >= 11 is 0. The van der Waals surface area contributed by atoms with Gasteiger partial charge in [-0.3, -0.25) is 19.6 Å². The Labute approximate surface area is 242 Å². The summed E-state index contributed by atoms with van der Waals surface area (Å²) in [5.74, 6) is 0. The van der Waals surface area contributed by atoms with Gasteiger partial charge in [-0.05, 0) is 71.9 Å². The Hall–Kier alpha value is 0.140. The third-order valence-corrected chi connectivity index (χ3v) is 8.42. The predicted octanol–water partition coefficient (Wildman–Crippen LogP) is 2.57. The fourth-order valence-electron chi connectivity index (χ4n) is 6.64. The van der Waals surface area contributed by atoms with Crippen molar-refractivity contribution in [1.29, 1.82) is 0 Å². The highest BCUT2D eigenvalue weighted by Gasteiger charge is 2.31. The number of hydrogen-bond acceptors (Lipinski definition) is 6. The molecule has 0 aromatic heterocycles. The minimum atomic E-state index is 0. The van der Waals surface area contributed by atoms with Crippen LogP contribution in [-0.4, -0.2) is 108 Å². The zero-order valence-electron chi connectivity index (χ0n) is 21.5. The number of benzene rings is 1. The average molecular weight is 588 g/mol. The largest absolute Gasteiger partial charge is 0.395 e. The van der Waals surface area contributed by atoms with Crippen molar-refractivity contribution in [3.05, 3.63) is 33.4 Å². The van der Waals surface area contributed by atoms with Gasteiger partial charge in [0.2, 0.25) is 0 Å². The molecule has 0 bridgehead atoms. The average Bonchev–Trinajstić information content (AvgIpc) is 3.49. The van der Waals surface area contributed by atoms with Gasteiger partial charge >= 0.3 is 0 Å². The normalized spacial score (nSPS) is 20.5. The fourth-order valence-corrected chi connectivity index (χ4v) is 6.64. The van der Waals surface area contributed by atoms with Crippen molar-refractivity contribution < 1.29 is 10.2 Å². The lowest BCUT2D eigenvalue weighted by Crippen LogP contribution is -2.47. The van der Waals surface area contributed by atoms with Gasteiger partial charge in [0, 0.05) is 78.5 Å². The maximum Gasteiger partial charge on any atom is 0.0558 e. The SMILES string of the molecule is Cl.Cl.Cl.Cl.OCCN1CCN(Cc2c3c(c(CN4CCN(CCO)CC4)c4c2CCC4)CCC3)CC1. The summed E-state index contributed by atoms with van der Waals surface area (Å²) in [4.78, 5) is 10.1. The van der Waals surface area contributed by atoms with Crippen LogP contribution in [0.1, 0.15) is 46.2 Å². The van der Waals surface area contributed by atoms with Gasteiger partial charge in [0.05, 0.1) is 13.2 Å². The molecule has 0 atom stereocenters. The molecule has 1 aromatic rings. The van der Waals surface area contributed by atoms with Gasteiger partial charge in [-0.25, -0.2) is 0 Å². The highest BCUT2D eigenvalue weighted by atomic mass is 35.5. The molecule has 36 heavy (non-hydrogen) atoms. The summed E-state index contributed by atoms with van der Waals surface area (Å²) in [6.07, 6.45) is 7.76. The molecule has 1 aromatic carbocycles. The molecule has 0 radical (unpaired) electrons. The van der Waals surface area contributed by atoms with Gasteiger partial charge in [-0.15, -0.1) is 49.6 Å². The van der Waals surface area contributed by atoms with Crippen LogP contribution in [0, 0.1) is 0 Å². The van der Waals surface area contributed by atoms with Crippen molar-refractivity contribution in [2.45, 2.75) is 51.6 Å². The number of rotatable bonds is 8. The second-order valence-corrected chi connectivity index (χ2v) is 10.3. The van der Waals surface area contributed by atoms with Gasteiger partial charge in [0.1, 0.15) is 0 Å². The number of piperazine rings is 2. The van der Waals surface area contributed by atoms with E-state index >= 15 is 0 Å². The molecule has 2 fully saturated rings. The van der Waals surface area contributed by atoms with E-state index in [1.54, 1.807) is 33.4 Å². The highest BCUT2D eigenvalue weighted by Crippen LogP contribution is 2.40. The molecule has 10 heteroatoms. The summed E-state index contributed by atoms with van der Waals surface area (Å²) < 4.78 is 0. The maximum atomic E-state index is 9.24. The van der Waals surface area contributed by atoms with Crippen LogP contribution >= 0.6 is 49.6 Å². The van der Waals surface area contributed by atoms with Crippen LogP contribution < -0.4 is 0 Å². The molecule has 4 aliphatic rings. The molecule has 2 aliphatic heterocycles. The van der Waals surface area contributed by atoms with E-state index in [0.29, 0.717) is 0 Å². The van der Waals surface area contributed by atoms with E-state index in [0.717, 1.165) is 78.5 Å². The Morgan fingerprint density at radius 3 is 1.00 bits per heavy atom. The molecule has 0 unspecified atom stereocenters. The lowest BCUT2D eigenvalue weighted by Gasteiger charge is -2.36. The van der Waals surface area contributed by atoms with Crippen LogP contribution in [0.2, 0.25) is 0 Å². The smallest absolute Gasteiger partial charge is 0.0558 e. The van der Waals surface area contributed by atoms with Crippen LogP contribution in [-0.2, 0) is 38.8 Å². The molecular formula is C26H46Cl4N4O2. The minimum Gasteiger partial charge on any atom is -0.395 e. The van der Waals surface area contributed by atoms with Crippen LogP contribution in [0.3, 0.4) is 0 Å². The Morgan fingerprint density at radius 2 is 0.722 bits per heavy atom. The van der Waals surface area contributed by atoms with E-state index in [2.05, 4.69) is 19.6 Å². The van der Waals surface area contributed by atoms with Crippen LogP contribution in [0.25, 0.3) is 0 Å².